The Kier molecular flexibility index (Phi) is 11.8. The largest absolute Gasteiger partial charge is 0.486 e. The zero-order valence-electron chi connectivity index (χ0n) is 30.0. The lowest BCUT2D eigenvalue weighted by Gasteiger charge is -2.29. The molecule has 0 radical (unpaired) electrons. The second-order valence-electron chi connectivity index (χ2n) is 13.2. The van der Waals surface area contributed by atoms with Crippen LogP contribution < -0.4 is 9.47 Å². The molecule has 0 amide bonds. The normalized spacial score (nSPS) is 13.2. The summed E-state index contributed by atoms with van der Waals surface area (Å²) in [6, 6.07) is 10.2. The summed E-state index contributed by atoms with van der Waals surface area (Å²) in [6.45, 7) is 10.7. The number of ether oxygens (including phenoxy) is 2. The molecule has 15 nitrogen and oxygen atoms in total. The highest BCUT2D eigenvalue weighted by Gasteiger charge is 2.32. The van der Waals surface area contributed by atoms with Gasteiger partial charge in [0.05, 0.1) is 4.90 Å². The van der Waals surface area contributed by atoms with Gasteiger partial charge in [-0.25, -0.2) is 0 Å². The third-order valence-corrected chi connectivity index (χ3v) is 13.3. The zero-order valence-corrected chi connectivity index (χ0v) is 33.3. The molecule has 0 atom stereocenters. The quantitative estimate of drug-likeness (QED) is 0.0703. The van der Waals surface area contributed by atoms with Gasteiger partial charge in [0.2, 0.25) is 0 Å². The monoisotopic (exact) mass is 828 g/mol. The van der Waals surface area contributed by atoms with Crippen LogP contribution in [0.4, 0.5) is 0 Å². The summed E-state index contributed by atoms with van der Waals surface area (Å²) in [5.74, 6) is -2.64. The van der Waals surface area contributed by atoms with Gasteiger partial charge in [-0.05, 0) is 103 Å². The van der Waals surface area contributed by atoms with Crippen molar-refractivity contribution in [3.8, 4) is 17.2 Å². The van der Waals surface area contributed by atoms with Crippen molar-refractivity contribution in [2.75, 3.05) is 0 Å². The van der Waals surface area contributed by atoms with E-state index in [1.54, 1.807) is 27.7 Å². The van der Waals surface area contributed by atoms with Crippen molar-refractivity contribution in [3.05, 3.63) is 77.4 Å². The van der Waals surface area contributed by atoms with Crippen LogP contribution >= 0.6 is 0 Å². The fraction of sp³-hybridized carbons (Fsp3) is 0.343. The molecular weight excluding hydrogens is 789 g/mol. The minimum absolute atomic E-state index is 0.0508. The van der Waals surface area contributed by atoms with E-state index >= 15 is 0 Å². The Morgan fingerprint density at radius 2 is 0.944 bits per heavy atom. The van der Waals surface area contributed by atoms with E-state index in [0.29, 0.717) is 31.7 Å². The summed E-state index contributed by atoms with van der Waals surface area (Å²) >= 11 is 0. The number of carbonyl (C=O) groups excluding carboxylic acids is 1. The number of benzene rings is 4. The van der Waals surface area contributed by atoms with Gasteiger partial charge in [0.1, 0.15) is 37.5 Å². The molecule has 294 valence electrons. The Morgan fingerprint density at radius 1 is 0.537 bits per heavy atom. The second-order valence-corrected chi connectivity index (χ2v) is 18.7. The first kappa shape index (κ1) is 42.8. The molecule has 4 rings (SSSR count). The number of rotatable bonds is 15. The molecule has 0 saturated heterocycles. The van der Waals surface area contributed by atoms with Crippen LogP contribution in [0.3, 0.4) is 0 Å². The summed E-state index contributed by atoms with van der Waals surface area (Å²) in [4.78, 5) is 10.4. The van der Waals surface area contributed by atoms with E-state index in [4.69, 9.17) is 9.47 Å². The number of fused-ring (bicyclic) bond motifs is 1. The molecular formula is C35H40O15S4. The molecule has 0 fully saturated rings. The van der Waals surface area contributed by atoms with Crippen LogP contribution in [0.25, 0.3) is 10.8 Å². The van der Waals surface area contributed by atoms with Crippen LogP contribution in [0.2, 0.25) is 0 Å². The van der Waals surface area contributed by atoms with Gasteiger partial charge in [0.15, 0.2) is 5.78 Å². The summed E-state index contributed by atoms with van der Waals surface area (Å²) in [5, 5.41) is -0.0797. The maximum atomic E-state index is 13.6. The van der Waals surface area contributed by atoms with Crippen molar-refractivity contribution in [2.24, 2.45) is 0 Å². The lowest BCUT2D eigenvalue weighted by molar-refractivity contribution is 0.0768. The van der Waals surface area contributed by atoms with Gasteiger partial charge >= 0.3 is 0 Å². The molecule has 4 N–H and O–H groups in total. The van der Waals surface area contributed by atoms with Crippen molar-refractivity contribution in [3.63, 3.8) is 0 Å². The average molecular weight is 829 g/mol. The van der Waals surface area contributed by atoms with Crippen molar-refractivity contribution in [2.45, 2.75) is 97.8 Å². The fourth-order valence-corrected chi connectivity index (χ4v) is 8.49. The molecule has 0 aromatic heterocycles. The first-order valence-corrected chi connectivity index (χ1v) is 22.2. The minimum atomic E-state index is -5.24. The number of carbonyl (C=O) groups is 1. The van der Waals surface area contributed by atoms with E-state index in [-0.39, 0.29) is 33.2 Å². The van der Waals surface area contributed by atoms with Crippen molar-refractivity contribution >= 4 is 57.0 Å². The Bertz CT molecular complexity index is 2590. The highest BCUT2D eigenvalue weighted by Crippen LogP contribution is 2.41. The number of ketones is 1. The second kappa shape index (κ2) is 14.9. The Labute approximate surface area is 314 Å². The summed E-state index contributed by atoms with van der Waals surface area (Å²) < 4.78 is 152. The molecule has 4 aromatic rings. The summed E-state index contributed by atoms with van der Waals surface area (Å²) in [7, 11) is -20.2. The molecule has 0 saturated carbocycles. The van der Waals surface area contributed by atoms with Gasteiger partial charge in [-0.15, -0.1) is 0 Å². The molecule has 4 aromatic carbocycles. The molecule has 0 aliphatic rings. The summed E-state index contributed by atoms with van der Waals surface area (Å²) in [5.41, 5.74) is -1.97. The van der Waals surface area contributed by atoms with Crippen molar-refractivity contribution in [1.82, 2.24) is 0 Å². The maximum Gasteiger partial charge on any atom is 0.298 e. The molecule has 0 aliphatic heterocycles. The van der Waals surface area contributed by atoms with Gasteiger partial charge in [-0.3, -0.25) is 23.0 Å². The van der Waals surface area contributed by atoms with Gasteiger partial charge in [0.25, 0.3) is 40.5 Å². The van der Waals surface area contributed by atoms with E-state index in [0.717, 1.165) is 36.4 Å². The molecule has 54 heavy (non-hydrogen) atoms. The third-order valence-electron chi connectivity index (χ3n) is 9.81. The lowest BCUT2D eigenvalue weighted by atomic mass is 9.77. The first-order valence-electron chi connectivity index (χ1n) is 16.4. The molecule has 0 heterocycles. The first-order chi connectivity index (χ1) is 24.7. The smallest absolute Gasteiger partial charge is 0.298 e. The summed E-state index contributed by atoms with van der Waals surface area (Å²) in [6.07, 6.45) is 1.83. The predicted octanol–water partition coefficient (Wildman–Crippen LogP) is 6.89. The van der Waals surface area contributed by atoms with Crippen LogP contribution in [0.1, 0.15) is 88.7 Å². The zero-order chi connectivity index (χ0) is 40.8. The Balaban J connectivity index is 1.91. The number of hydrogen-bond acceptors (Lipinski definition) is 11. The van der Waals surface area contributed by atoms with Crippen LogP contribution in [0.5, 0.6) is 17.2 Å². The van der Waals surface area contributed by atoms with E-state index in [1.807, 2.05) is 13.8 Å². The van der Waals surface area contributed by atoms with Gasteiger partial charge in [-0.1, -0.05) is 46.8 Å². The molecule has 0 unspecified atom stereocenters. The molecule has 0 bridgehead atoms. The topological polar surface area (TPSA) is 253 Å². The van der Waals surface area contributed by atoms with Crippen molar-refractivity contribution in [1.29, 1.82) is 0 Å². The van der Waals surface area contributed by atoms with Crippen LogP contribution in [-0.2, 0) is 45.9 Å². The highest BCUT2D eigenvalue weighted by molar-refractivity contribution is 7.86. The average Bonchev–Trinajstić information content (AvgIpc) is 3.08. The van der Waals surface area contributed by atoms with Gasteiger partial charge < -0.3 is 9.47 Å². The lowest BCUT2D eigenvalue weighted by Crippen LogP contribution is -2.31. The molecule has 0 spiro atoms. The van der Waals surface area contributed by atoms with E-state index in [1.165, 1.54) is 18.2 Å². The van der Waals surface area contributed by atoms with Crippen LogP contribution in [0, 0.1) is 0 Å². The highest BCUT2D eigenvalue weighted by atomic mass is 32.2. The molecule has 0 aliphatic carbocycles. The van der Waals surface area contributed by atoms with Gasteiger partial charge in [-0.2, -0.15) is 33.7 Å². The van der Waals surface area contributed by atoms with Crippen LogP contribution in [0.15, 0.2) is 80.2 Å². The van der Waals surface area contributed by atoms with Gasteiger partial charge in [0, 0.05) is 11.1 Å². The van der Waals surface area contributed by atoms with Crippen LogP contribution in [-0.4, -0.2) is 63.3 Å². The predicted molar refractivity (Wildman–Crippen MR) is 197 cm³/mol. The van der Waals surface area contributed by atoms with E-state index in [2.05, 4.69) is 0 Å². The minimum Gasteiger partial charge on any atom is -0.486 e. The van der Waals surface area contributed by atoms with E-state index < -0.39 is 88.4 Å². The SMILES string of the molecule is CCC(C)(CC)Oc1cc2cc(Oc3ccc(C(=O)c4ccc(C(C)(CC)CC)c(S(=O)(=O)O)c4)cc3S(=O)(=O)O)c(S(=O)(=O)O)cc2cc1S(=O)(=O)O. The number of hydrogen-bond donors (Lipinski definition) is 4. The van der Waals surface area contributed by atoms with E-state index in [9.17, 15) is 56.7 Å². The van der Waals surface area contributed by atoms with Crippen molar-refractivity contribution < 1.29 is 66.2 Å². The Morgan fingerprint density at radius 3 is 1.41 bits per heavy atom. The molecule has 19 heteroatoms. The fourth-order valence-electron chi connectivity index (χ4n) is 5.72. The maximum absolute atomic E-state index is 13.6. The Hall–Kier alpha value is -3.95. The standard InChI is InChI=1S/C35H40O15S4/c1-7-34(5,8-2)25-13-11-21(17-29(25)51(37,38)39)33(36)22-12-14-26(30(18-22)52(40,41)42)49-27-15-23-16-28(50-35(6,9-3)10-4)32(54(46,47)48)20-24(23)19-31(27)53(43,44)45/h11-20H,7-10H2,1-6H3,(H,37,38,39)(H,40,41,42)(H,43,44,45)(H,46,47,48). The third kappa shape index (κ3) is 8.94.